The lowest BCUT2D eigenvalue weighted by Gasteiger charge is -2.05. The van der Waals surface area contributed by atoms with Crippen LogP contribution < -0.4 is 10.6 Å². The first-order valence-corrected chi connectivity index (χ1v) is 6.71. The van der Waals surface area contributed by atoms with Gasteiger partial charge in [0.1, 0.15) is 5.82 Å². The number of nitrogens with zero attached hydrogens (tertiary/aromatic N) is 2. The first-order valence-electron chi connectivity index (χ1n) is 5.83. The summed E-state index contributed by atoms with van der Waals surface area (Å²) in [5.41, 5.74) is 0.0345. The molecule has 4 N–H and O–H groups in total. The normalized spacial score (nSPS) is 10.2. The second-order valence-electron chi connectivity index (χ2n) is 3.83. The predicted octanol–water partition coefficient (Wildman–Crippen LogP) is 0.606. The lowest BCUT2D eigenvalue weighted by Crippen LogP contribution is -2.36. The molecule has 0 radical (unpaired) electrons. The fourth-order valence-corrected chi connectivity index (χ4v) is 2.20. The summed E-state index contributed by atoms with van der Waals surface area (Å²) in [6.07, 6.45) is 3.78. The maximum atomic E-state index is 11.5. The average molecular weight is 295 g/mol. The Kier molecular flexibility index (Phi) is 4.66. The van der Waals surface area contributed by atoms with E-state index >= 15 is 0 Å². The van der Waals surface area contributed by atoms with Crippen molar-refractivity contribution in [1.82, 2.24) is 25.6 Å². The van der Waals surface area contributed by atoms with E-state index < -0.39 is 5.97 Å². The van der Waals surface area contributed by atoms with E-state index in [1.807, 2.05) is 0 Å². The van der Waals surface area contributed by atoms with Crippen molar-refractivity contribution in [2.75, 3.05) is 6.54 Å². The van der Waals surface area contributed by atoms with Gasteiger partial charge in [-0.05, 0) is 0 Å². The third-order valence-electron chi connectivity index (χ3n) is 2.37. The van der Waals surface area contributed by atoms with E-state index in [0.29, 0.717) is 30.3 Å². The van der Waals surface area contributed by atoms with Crippen molar-refractivity contribution in [2.24, 2.45) is 0 Å². The molecule has 2 amide bonds. The van der Waals surface area contributed by atoms with Crippen LogP contribution in [0.5, 0.6) is 0 Å². The van der Waals surface area contributed by atoms with Crippen LogP contribution in [-0.4, -0.2) is 38.6 Å². The summed E-state index contributed by atoms with van der Waals surface area (Å²) in [4.78, 5) is 32.9. The molecule has 0 aromatic carbocycles. The lowest BCUT2D eigenvalue weighted by atomic mass is 10.4. The van der Waals surface area contributed by atoms with Gasteiger partial charge >= 0.3 is 12.0 Å². The quantitative estimate of drug-likeness (QED) is 0.622. The number of carbonyl (C=O) groups is 2. The Morgan fingerprint density at radius 3 is 2.90 bits per heavy atom. The number of urea groups is 1. The number of carbonyl (C=O) groups excluding carboxylic acids is 1. The molecular weight excluding hydrogens is 282 g/mol. The van der Waals surface area contributed by atoms with Crippen molar-refractivity contribution in [3.8, 4) is 0 Å². The van der Waals surface area contributed by atoms with Gasteiger partial charge in [-0.1, -0.05) is 0 Å². The number of hydrogen-bond acceptors (Lipinski definition) is 5. The second-order valence-corrected chi connectivity index (χ2v) is 4.77. The Morgan fingerprint density at radius 1 is 1.40 bits per heavy atom. The molecule has 0 aliphatic rings. The monoisotopic (exact) mass is 295 g/mol. The predicted molar refractivity (Wildman–Crippen MR) is 71.6 cm³/mol. The second kappa shape index (κ2) is 6.66. The highest BCUT2D eigenvalue weighted by Crippen LogP contribution is 2.09. The Hall–Kier alpha value is -2.42. The number of carboxylic acids is 1. The van der Waals surface area contributed by atoms with E-state index in [-0.39, 0.29) is 11.7 Å². The summed E-state index contributed by atoms with van der Waals surface area (Å²) in [5, 5.41) is 16.2. The minimum absolute atomic E-state index is 0.0345. The Bertz CT molecular complexity index is 581. The first-order chi connectivity index (χ1) is 9.65. The summed E-state index contributed by atoms with van der Waals surface area (Å²) in [6, 6.07) is -0.309. The summed E-state index contributed by atoms with van der Waals surface area (Å²) in [5.74, 6) is -0.372. The van der Waals surface area contributed by atoms with Crippen LogP contribution in [-0.2, 0) is 13.0 Å². The number of amides is 2. The molecular formula is C11H13N5O3S. The summed E-state index contributed by atoms with van der Waals surface area (Å²) >= 11 is 1.26. The summed E-state index contributed by atoms with van der Waals surface area (Å²) in [7, 11) is 0. The summed E-state index contributed by atoms with van der Waals surface area (Å²) in [6.45, 7) is 0.704. The van der Waals surface area contributed by atoms with Gasteiger partial charge in [0.15, 0.2) is 5.69 Å². The standard InChI is InChI=1S/C11H13N5O3S/c17-10(18)7-6-20-9(16-7)1-2-14-11(19)15-5-8-12-3-4-13-8/h3-4,6H,1-2,5H2,(H,12,13)(H,17,18)(H2,14,15,19). The number of thiazole rings is 1. The molecule has 0 aliphatic heterocycles. The molecule has 20 heavy (non-hydrogen) atoms. The molecule has 106 valence electrons. The van der Waals surface area contributed by atoms with Crippen molar-refractivity contribution in [1.29, 1.82) is 0 Å². The van der Waals surface area contributed by atoms with E-state index in [1.54, 1.807) is 12.4 Å². The van der Waals surface area contributed by atoms with Gasteiger partial charge in [0.2, 0.25) is 0 Å². The third kappa shape index (κ3) is 4.05. The fraction of sp³-hybridized carbons (Fsp3) is 0.273. The van der Waals surface area contributed by atoms with Gasteiger partial charge in [0.05, 0.1) is 11.6 Å². The number of aromatic carboxylic acids is 1. The smallest absolute Gasteiger partial charge is 0.355 e. The molecule has 2 aromatic rings. The topological polar surface area (TPSA) is 120 Å². The highest BCUT2D eigenvalue weighted by Gasteiger charge is 2.08. The number of nitrogens with one attached hydrogen (secondary N) is 3. The Balaban J connectivity index is 1.67. The zero-order valence-corrected chi connectivity index (χ0v) is 11.2. The van der Waals surface area contributed by atoms with Gasteiger partial charge in [-0.3, -0.25) is 0 Å². The average Bonchev–Trinajstić information content (AvgIpc) is 3.07. The number of rotatable bonds is 6. The van der Waals surface area contributed by atoms with Crippen molar-refractivity contribution < 1.29 is 14.7 Å². The van der Waals surface area contributed by atoms with Crippen LogP contribution in [0, 0.1) is 0 Å². The fourth-order valence-electron chi connectivity index (χ4n) is 1.43. The van der Waals surface area contributed by atoms with Crippen LogP contribution in [0.2, 0.25) is 0 Å². The minimum atomic E-state index is -1.04. The maximum absolute atomic E-state index is 11.5. The van der Waals surface area contributed by atoms with E-state index in [9.17, 15) is 9.59 Å². The molecule has 0 unspecified atom stereocenters. The zero-order chi connectivity index (χ0) is 14.4. The van der Waals surface area contributed by atoms with Crippen LogP contribution in [0.1, 0.15) is 21.3 Å². The van der Waals surface area contributed by atoms with Gasteiger partial charge < -0.3 is 20.7 Å². The van der Waals surface area contributed by atoms with Crippen molar-refractivity contribution in [3.05, 3.63) is 34.3 Å². The van der Waals surface area contributed by atoms with Gasteiger partial charge in [-0.25, -0.2) is 19.6 Å². The van der Waals surface area contributed by atoms with Crippen LogP contribution in [0.3, 0.4) is 0 Å². The largest absolute Gasteiger partial charge is 0.476 e. The van der Waals surface area contributed by atoms with E-state index in [2.05, 4.69) is 25.6 Å². The Morgan fingerprint density at radius 2 is 2.25 bits per heavy atom. The van der Waals surface area contributed by atoms with E-state index in [1.165, 1.54) is 16.7 Å². The lowest BCUT2D eigenvalue weighted by molar-refractivity contribution is 0.0691. The van der Waals surface area contributed by atoms with Crippen molar-refractivity contribution >= 4 is 23.3 Å². The van der Waals surface area contributed by atoms with E-state index in [0.717, 1.165) is 0 Å². The molecule has 2 heterocycles. The Labute approximate surface area is 118 Å². The number of H-pyrrole nitrogens is 1. The molecule has 0 aliphatic carbocycles. The van der Waals surface area contributed by atoms with E-state index in [4.69, 9.17) is 5.11 Å². The molecule has 2 rings (SSSR count). The molecule has 8 nitrogen and oxygen atoms in total. The molecule has 0 saturated carbocycles. The molecule has 0 bridgehead atoms. The molecule has 0 fully saturated rings. The van der Waals surface area contributed by atoms with Crippen molar-refractivity contribution in [2.45, 2.75) is 13.0 Å². The van der Waals surface area contributed by atoms with Crippen LogP contribution in [0.15, 0.2) is 17.8 Å². The molecule has 0 saturated heterocycles. The van der Waals surface area contributed by atoms with Crippen molar-refractivity contribution in [3.63, 3.8) is 0 Å². The summed E-state index contributed by atoms with van der Waals surface area (Å²) < 4.78 is 0. The minimum Gasteiger partial charge on any atom is -0.476 e. The third-order valence-corrected chi connectivity index (χ3v) is 3.28. The van der Waals surface area contributed by atoms with Crippen LogP contribution >= 0.6 is 11.3 Å². The zero-order valence-electron chi connectivity index (χ0n) is 10.4. The van der Waals surface area contributed by atoms with Crippen LogP contribution in [0.25, 0.3) is 0 Å². The maximum Gasteiger partial charge on any atom is 0.355 e. The molecule has 9 heteroatoms. The number of hydrogen-bond donors (Lipinski definition) is 4. The SMILES string of the molecule is O=C(NCCc1nc(C(=O)O)cs1)NCc1ncc[nH]1. The number of imidazole rings is 1. The van der Waals surface area contributed by atoms with Gasteiger partial charge in [0, 0.05) is 30.7 Å². The first kappa shape index (κ1) is 14.0. The van der Waals surface area contributed by atoms with Gasteiger partial charge in [0.25, 0.3) is 0 Å². The van der Waals surface area contributed by atoms with Gasteiger partial charge in [-0.15, -0.1) is 11.3 Å². The number of aromatic amines is 1. The number of aromatic nitrogens is 3. The number of carboxylic acid groups (broad SMARTS) is 1. The highest BCUT2D eigenvalue weighted by atomic mass is 32.1. The highest BCUT2D eigenvalue weighted by molar-refractivity contribution is 7.09. The molecule has 0 atom stereocenters. The van der Waals surface area contributed by atoms with Gasteiger partial charge in [-0.2, -0.15) is 0 Å². The van der Waals surface area contributed by atoms with Crippen LogP contribution in [0.4, 0.5) is 4.79 Å². The molecule has 2 aromatic heterocycles. The molecule has 0 spiro atoms.